The van der Waals surface area contributed by atoms with Gasteiger partial charge in [-0.3, -0.25) is 5.73 Å². The zero-order chi connectivity index (χ0) is 13.0. The Balaban J connectivity index is 2.07. The van der Waals surface area contributed by atoms with Crippen LogP contribution in [0.5, 0.6) is 0 Å². The van der Waals surface area contributed by atoms with Crippen LogP contribution in [0.3, 0.4) is 0 Å². The number of hydrogen-bond donors (Lipinski definition) is 5. The van der Waals surface area contributed by atoms with E-state index in [2.05, 4.69) is 27.5 Å². The number of nitrogens with one attached hydrogen (secondary N) is 3. The van der Waals surface area contributed by atoms with Crippen molar-refractivity contribution >= 4 is 11.5 Å². The third-order valence-electron chi connectivity index (χ3n) is 3.02. The first kappa shape index (κ1) is 12.9. The maximum atomic E-state index is 9.37. The summed E-state index contributed by atoms with van der Waals surface area (Å²) in [6.45, 7) is 2.23. The molecule has 0 saturated heterocycles. The molecule has 6 nitrogen and oxygen atoms in total. The van der Waals surface area contributed by atoms with Crippen LogP contribution >= 0.6 is 0 Å². The Labute approximate surface area is 107 Å². The number of anilines is 1. The first-order valence-corrected chi connectivity index (χ1v) is 6.39. The zero-order valence-corrected chi connectivity index (χ0v) is 10.6. The molecule has 1 aromatic heterocycles. The first-order valence-electron chi connectivity index (χ1n) is 6.39. The molecule has 6 N–H and O–H groups in total. The maximum Gasteiger partial charge on any atom is 0.173 e. The predicted molar refractivity (Wildman–Crippen MR) is 72.5 cm³/mol. The molecule has 0 amide bonds. The molecule has 0 spiro atoms. The number of unbranched alkanes of at least 4 members (excludes halogenated alkanes) is 1. The van der Waals surface area contributed by atoms with Gasteiger partial charge in [-0.05, 0) is 12.5 Å². The van der Waals surface area contributed by atoms with Gasteiger partial charge < -0.3 is 20.7 Å². The van der Waals surface area contributed by atoms with Crippen LogP contribution in [-0.4, -0.2) is 34.9 Å². The highest BCUT2D eigenvalue weighted by molar-refractivity contribution is 6.03. The standard InChI is InChI=1S/C12H21N5O/c1-2-3-4-8(7-18)15-11-10-9(5-6-14-10)16-12(13)17-11/h5-6,8,12,14,16,18H,2-4,7,13H2,1H3,(H,15,17)/t8-,12?/m0/s1. The number of aliphatic imine (C=N–C) groups is 1. The van der Waals surface area contributed by atoms with Gasteiger partial charge in [-0.15, -0.1) is 0 Å². The number of nitrogens with two attached hydrogens (primary N) is 1. The molecule has 100 valence electrons. The number of aliphatic hydroxyl groups is 1. The summed E-state index contributed by atoms with van der Waals surface area (Å²) in [5.74, 6) is 0.719. The highest BCUT2D eigenvalue weighted by atomic mass is 16.3. The minimum absolute atomic E-state index is 0.0187. The quantitative estimate of drug-likeness (QED) is 0.528. The van der Waals surface area contributed by atoms with Crippen LogP contribution in [0.2, 0.25) is 0 Å². The van der Waals surface area contributed by atoms with Gasteiger partial charge in [0, 0.05) is 6.20 Å². The van der Waals surface area contributed by atoms with Crippen molar-refractivity contribution in [1.82, 2.24) is 10.3 Å². The lowest BCUT2D eigenvalue weighted by Crippen LogP contribution is -2.43. The van der Waals surface area contributed by atoms with E-state index in [1.165, 1.54) is 0 Å². The van der Waals surface area contributed by atoms with E-state index in [1.54, 1.807) is 0 Å². The number of rotatable bonds is 5. The second kappa shape index (κ2) is 5.88. The van der Waals surface area contributed by atoms with Crippen molar-refractivity contribution in [2.75, 3.05) is 11.9 Å². The number of hydrogen-bond acceptors (Lipinski definition) is 5. The molecule has 0 fully saturated rings. The van der Waals surface area contributed by atoms with Crippen molar-refractivity contribution in [1.29, 1.82) is 0 Å². The van der Waals surface area contributed by atoms with Crippen molar-refractivity contribution < 1.29 is 5.11 Å². The van der Waals surface area contributed by atoms with Gasteiger partial charge in [0.1, 0.15) is 5.69 Å². The largest absolute Gasteiger partial charge is 0.394 e. The Hall–Kier alpha value is -1.53. The second-order valence-corrected chi connectivity index (χ2v) is 4.50. The van der Waals surface area contributed by atoms with Crippen LogP contribution in [0, 0.1) is 0 Å². The molecular formula is C12H21N5O. The smallest absolute Gasteiger partial charge is 0.173 e. The van der Waals surface area contributed by atoms with Gasteiger partial charge in [0.25, 0.3) is 0 Å². The fraction of sp³-hybridized carbons (Fsp3) is 0.583. The summed E-state index contributed by atoms with van der Waals surface area (Å²) in [5.41, 5.74) is 7.63. The number of nitrogens with zero attached hydrogens (tertiary/aromatic N) is 1. The molecule has 0 aromatic carbocycles. The molecule has 2 rings (SSSR count). The lowest BCUT2D eigenvalue weighted by Gasteiger charge is -2.24. The molecule has 0 radical (unpaired) electrons. The van der Waals surface area contributed by atoms with Crippen molar-refractivity contribution in [2.45, 2.75) is 38.5 Å². The molecule has 1 aliphatic heterocycles. The average molecular weight is 251 g/mol. The summed E-state index contributed by atoms with van der Waals surface area (Å²) in [6, 6.07) is 1.94. The van der Waals surface area contributed by atoms with E-state index in [-0.39, 0.29) is 12.6 Å². The fourth-order valence-corrected chi connectivity index (χ4v) is 2.04. The van der Waals surface area contributed by atoms with Crippen molar-refractivity contribution in [3.63, 3.8) is 0 Å². The van der Waals surface area contributed by atoms with Crippen molar-refractivity contribution in [3.8, 4) is 0 Å². The van der Waals surface area contributed by atoms with Crippen molar-refractivity contribution in [3.05, 3.63) is 18.0 Å². The topological polar surface area (TPSA) is 98.5 Å². The Morgan fingerprint density at radius 3 is 3.17 bits per heavy atom. The summed E-state index contributed by atoms with van der Waals surface area (Å²) >= 11 is 0. The van der Waals surface area contributed by atoms with Gasteiger partial charge in [-0.25, -0.2) is 4.99 Å². The molecule has 1 aliphatic rings. The van der Waals surface area contributed by atoms with Crippen LogP contribution < -0.4 is 16.4 Å². The molecular weight excluding hydrogens is 230 g/mol. The Bertz CT molecular complexity index is 414. The van der Waals surface area contributed by atoms with E-state index in [0.717, 1.165) is 36.5 Å². The number of aromatic amines is 1. The molecule has 18 heavy (non-hydrogen) atoms. The SMILES string of the molecule is CCCC[C@@H](CO)NC1=NC(N)Nc2cc[nH]c21. The van der Waals surface area contributed by atoms with Crippen LogP contribution in [0.1, 0.15) is 31.9 Å². The Morgan fingerprint density at radius 2 is 2.44 bits per heavy atom. The number of aliphatic hydroxyl groups excluding tert-OH is 1. The van der Waals surface area contributed by atoms with E-state index in [9.17, 15) is 5.11 Å². The lowest BCUT2D eigenvalue weighted by molar-refractivity contribution is 0.247. The monoisotopic (exact) mass is 251 g/mol. The summed E-state index contributed by atoms with van der Waals surface area (Å²) in [4.78, 5) is 7.44. The third-order valence-corrected chi connectivity index (χ3v) is 3.02. The molecule has 6 heteroatoms. The van der Waals surface area contributed by atoms with Gasteiger partial charge in [-0.1, -0.05) is 19.8 Å². The lowest BCUT2D eigenvalue weighted by atomic mass is 10.1. The molecule has 0 aliphatic carbocycles. The van der Waals surface area contributed by atoms with E-state index < -0.39 is 6.29 Å². The maximum absolute atomic E-state index is 9.37. The van der Waals surface area contributed by atoms with Gasteiger partial charge in [0.15, 0.2) is 12.1 Å². The first-order chi connectivity index (χ1) is 8.74. The van der Waals surface area contributed by atoms with Crippen LogP contribution in [0.15, 0.2) is 17.3 Å². The number of H-pyrrole nitrogens is 1. The van der Waals surface area contributed by atoms with E-state index >= 15 is 0 Å². The molecule has 1 unspecified atom stereocenters. The van der Waals surface area contributed by atoms with Gasteiger partial charge >= 0.3 is 0 Å². The highest BCUT2D eigenvalue weighted by Gasteiger charge is 2.20. The normalized spacial score (nSPS) is 19.7. The zero-order valence-electron chi connectivity index (χ0n) is 10.6. The molecule has 1 aromatic rings. The summed E-state index contributed by atoms with van der Waals surface area (Å²) < 4.78 is 0. The second-order valence-electron chi connectivity index (χ2n) is 4.50. The minimum Gasteiger partial charge on any atom is -0.394 e. The minimum atomic E-state index is -0.443. The Kier molecular flexibility index (Phi) is 4.22. The van der Waals surface area contributed by atoms with Crippen molar-refractivity contribution in [2.24, 2.45) is 10.7 Å². The highest BCUT2D eigenvalue weighted by Crippen LogP contribution is 2.19. The summed E-state index contributed by atoms with van der Waals surface area (Å²) in [7, 11) is 0. The predicted octanol–water partition coefficient (Wildman–Crippen LogP) is 0.570. The number of fused-ring (bicyclic) bond motifs is 1. The average Bonchev–Trinajstić information content (AvgIpc) is 2.82. The molecule has 0 bridgehead atoms. The van der Waals surface area contributed by atoms with Crippen LogP contribution in [0.4, 0.5) is 5.69 Å². The summed E-state index contributed by atoms with van der Waals surface area (Å²) in [5, 5.41) is 15.7. The number of amidine groups is 1. The van der Waals surface area contributed by atoms with E-state index in [4.69, 9.17) is 5.73 Å². The van der Waals surface area contributed by atoms with Crippen LogP contribution in [-0.2, 0) is 0 Å². The number of aromatic nitrogens is 1. The summed E-state index contributed by atoms with van der Waals surface area (Å²) in [6.07, 6.45) is 4.51. The molecule has 2 atom stereocenters. The van der Waals surface area contributed by atoms with E-state index in [1.807, 2.05) is 12.3 Å². The van der Waals surface area contributed by atoms with Crippen LogP contribution in [0.25, 0.3) is 0 Å². The fourth-order valence-electron chi connectivity index (χ4n) is 2.04. The molecule has 2 heterocycles. The molecule has 0 saturated carbocycles. The van der Waals surface area contributed by atoms with Gasteiger partial charge in [0.2, 0.25) is 0 Å². The Morgan fingerprint density at radius 1 is 1.61 bits per heavy atom. The van der Waals surface area contributed by atoms with Gasteiger partial charge in [0.05, 0.1) is 18.3 Å². The van der Waals surface area contributed by atoms with Gasteiger partial charge in [-0.2, -0.15) is 0 Å². The van der Waals surface area contributed by atoms with E-state index in [0.29, 0.717) is 0 Å². The third kappa shape index (κ3) is 2.83.